The molecule has 1 aliphatic carbocycles. The summed E-state index contributed by atoms with van der Waals surface area (Å²) < 4.78 is 41.3. The van der Waals surface area contributed by atoms with Crippen LogP contribution in [0, 0.1) is 3.57 Å². The molecule has 1 aliphatic rings. The average Bonchev–Trinajstić information content (AvgIpc) is 3.27. The van der Waals surface area contributed by atoms with Gasteiger partial charge in [0, 0.05) is 11.9 Å². The molecule has 0 aliphatic heterocycles. The number of aromatic nitrogens is 2. The minimum Gasteiger partial charge on any atom is -0.324 e. The molecule has 0 bridgehead atoms. The van der Waals surface area contributed by atoms with Crippen molar-refractivity contribution in [1.82, 2.24) is 9.78 Å². The van der Waals surface area contributed by atoms with Crippen molar-refractivity contribution in [2.75, 3.05) is 5.32 Å². The first kappa shape index (κ1) is 18.2. The molecule has 25 heavy (non-hydrogen) atoms. The van der Waals surface area contributed by atoms with Crippen molar-refractivity contribution in [3.05, 3.63) is 45.3 Å². The summed E-state index contributed by atoms with van der Waals surface area (Å²) in [5.74, 6) is -0.250. The molecule has 0 radical (unpaired) electrons. The van der Waals surface area contributed by atoms with E-state index in [0.717, 1.165) is 28.5 Å². The molecule has 0 unspecified atom stereocenters. The van der Waals surface area contributed by atoms with Gasteiger partial charge in [-0.25, -0.2) is 0 Å². The maximum Gasteiger partial charge on any atom is 0.416 e. The van der Waals surface area contributed by atoms with E-state index in [2.05, 4.69) is 33.0 Å². The van der Waals surface area contributed by atoms with E-state index in [9.17, 15) is 18.0 Å². The fourth-order valence-electron chi connectivity index (χ4n) is 2.57. The van der Waals surface area contributed by atoms with Gasteiger partial charge in [-0.2, -0.15) is 18.3 Å². The van der Waals surface area contributed by atoms with Crippen LogP contribution in [0.25, 0.3) is 0 Å². The van der Waals surface area contributed by atoms with Crippen molar-refractivity contribution < 1.29 is 18.0 Å². The van der Waals surface area contributed by atoms with Gasteiger partial charge in [-0.1, -0.05) is 0 Å². The van der Waals surface area contributed by atoms with Gasteiger partial charge in [0.25, 0.3) is 5.91 Å². The van der Waals surface area contributed by atoms with Crippen LogP contribution in [-0.4, -0.2) is 15.7 Å². The van der Waals surface area contributed by atoms with E-state index in [1.807, 2.05) is 0 Å². The molecule has 134 valence electrons. The Morgan fingerprint density at radius 2 is 2.00 bits per heavy atom. The third-order valence-electron chi connectivity index (χ3n) is 4.32. The molecule has 4 nitrogen and oxygen atoms in total. The summed E-state index contributed by atoms with van der Waals surface area (Å²) in [6.07, 6.45) is 0.672. The Morgan fingerprint density at radius 1 is 1.32 bits per heavy atom. The predicted octanol–water partition coefficient (Wildman–Crippen LogP) is 4.76. The Hall–Kier alpha value is -1.58. The molecule has 1 fully saturated rings. The number of alkyl halides is 3. The van der Waals surface area contributed by atoms with Crippen molar-refractivity contribution in [1.29, 1.82) is 0 Å². The molecule has 2 aromatic rings. The van der Waals surface area contributed by atoms with Gasteiger partial charge in [0.2, 0.25) is 0 Å². The molecule has 1 aromatic heterocycles. The van der Waals surface area contributed by atoms with Crippen molar-refractivity contribution >= 4 is 34.2 Å². The second-order valence-electron chi connectivity index (χ2n) is 6.69. The topological polar surface area (TPSA) is 46.9 Å². The molecule has 1 aromatic carbocycles. The number of nitrogens with zero attached hydrogens (tertiary/aromatic N) is 2. The van der Waals surface area contributed by atoms with E-state index in [-0.39, 0.29) is 11.8 Å². The fourth-order valence-corrected chi connectivity index (χ4v) is 2.96. The lowest BCUT2D eigenvalue weighted by molar-refractivity contribution is -0.137. The Bertz CT molecular complexity index is 810. The third-order valence-corrected chi connectivity index (χ3v) is 4.88. The minimum atomic E-state index is -4.39. The van der Waals surface area contributed by atoms with Crippen LogP contribution in [0.5, 0.6) is 0 Å². The zero-order chi connectivity index (χ0) is 18.4. The zero-order valence-electron chi connectivity index (χ0n) is 13.7. The molecule has 1 N–H and O–H groups in total. The maximum atomic E-state index is 13.0. The van der Waals surface area contributed by atoms with Crippen LogP contribution < -0.4 is 5.32 Å². The van der Waals surface area contributed by atoms with Gasteiger partial charge in [0.05, 0.1) is 15.3 Å². The number of halogens is 4. The van der Waals surface area contributed by atoms with Crippen LogP contribution in [0.2, 0.25) is 0 Å². The van der Waals surface area contributed by atoms with Gasteiger partial charge in [-0.15, -0.1) is 0 Å². The summed E-state index contributed by atoms with van der Waals surface area (Å²) in [6.45, 7) is 3.43. The summed E-state index contributed by atoms with van der Waals surface area (Å²) in [7, 11) is 0. The Morgan fingerprint density at radius 3 is 2.52 bits per heavy atom. The lowest BCUT2D eigenvalue weighted by Gasteiger charge is -2.25. The summed E-state index contributed by atoms with van der Waals surface area (Å²) in [4.78, 5) is 12.7. The summed E-state index contributed by atoms with van der Waals surface area (Å²) in [5, 5.41) is 6.95. The number of amides is 1. The fraction of sp³-hybridized carbons (Fsp3) is 0.412. The van der Waals surface area contributed by atoms with Gasteiger partial charge in [0.15, 0.2) is 0 Å². The monoisotopic (exact) mass is 463 g/mol. The van der Waals surface area contributed by atoms with Crippen molar-refractivity contribution in [2.45, 2.75) is 44.3 Å². The Labute approximate surface area is 156 Å². The lowest BCUT2D eigenvalue weighted by Crippen LogP contribution is -2.40. The molecule has 1 amide bonds. The molecule has 3 rings (SSSR count). The van der Waals surface area contributed by atoms with E-state index in [0.29, 0.717) is 11.3 Å². The first-order valence-corrected chi connectivity index (χ1v) is 8.90. The molecule has 0 saturated heterocycles. The van der Waals surface area contributed by atoms with Crippen LogP contribution in [-0.2, 0) is 16.5 Å². The second-order valence-corrected chi connectivity index (χ2v) is 7.94. The largest absolute Gasteiger partial charge is 0.416 e. The number of hydrogen-bond donors (Lipinski definition) is 1. The van der Waals surface area contributed by atoms with Gasteiger partial charge in [0.1, 0.15) is 5.54 Å². The quantitative estimate of drug-likeness (QED) is 0.666. The molecular weight excluding hydrogens is 446 g/mol. The van der Waals surface area contributed by atoms with Crippen LogP contribution >= 0.6 is 22.6 Å². The summed E-state index contributed by atoms with van der Waals surface area (Å²) in [5.41, 5.74) is -0.662. The van der Waals surface area contributed by atoms with Gasteiger partial charge in [-0.05, 0) is 79.0 Å². The number of benzene rings is 1. The SMILES string of the molecule is CC(C)(C(=O)Nc1ccc(C(F)(F)F)cc1C1CC1)n1cc(I)cn1. The molecule has 1 saturated carbocycles. The molecule has 0 atom stereocenters. The normalized spacial score (nSPS) is 15.3. The Balaban J connectivity index is 1.88. The third kappa shape index (κ3) is 3.83. The number of nitrogens with one attached hydrogen (secondary N) is 1. The second kappa shape index (κ2) is 6.30. The number of carbonyl (C=O) groups excluding carboxylic acids is 1. The summed E-state index contributed by atoms with van der Waals surface area (Å²) >= 11 is 2.10. The number of rotatable bonds is 4. The van der Waals surface area contributed by atoms with Crippen molar-refractivity contribution in [3.8, 4) is 0 Å². The molecule has 1 heterocycles. The maximum absolute atomic E-state index is 13.0. The van der Waals surface area contributed by atoms with Gasteiger partial charge < -0.3 is 5.32 Å². The minimum absolute atomic E-state index is 0.0753. The first-order chi connectivity index (χ1) is 11.6. The van der Waals surface area contributed by atoms with Crippen LogP contribution in [0.1, 0.15) is 43.7 Å². The highest BCUT2D eigenvalue weighted by molar-refractivity contribution is 14.1. The zero-order valence-corrected chi connectivity index (χ0v) is 15.9. The Kier molecular flexibility index (Phi) is 4.59. The van der Waals surface area contributed by atoms with E-state index in [4.69, 9.17) is 0 Å². The lowest BCUT2D eigenvalue weighted by atomic mass is 10.0. The molecule has 8 heteroatoms. The van der Waals surface area contributed by atoms with Crippen molar-refractivity contribution in [2.24, 2.45) is 0 Å². The molecule has 0 spiro atoms. The van der Waals surface area contributed by atoms with E-state index in [1.54, 1.807) is 30.9 Å². The predicted molar refractivity (Wildman–Crippen MR) is 96.3 cm³/mol. The average molecular weight is 463 g/mol. The number of hydrogen-bond acceptors (Lipinski definition) is 2. The standard InChI is InChI=1S/C17H17F3IN3O/c1-16(2,24-9-12(21)8-22-24)15(25)23-14-6-5-11(17(18,19)20)7-13(14)10-3-4-10/h5-10H,3-4H2,1-2H3,(H,23,25). The highest BCUT2D eigenvalue weighted by Gasteiger charge is 2.36. The van der Waals surface area contributed by atoms with E-state index in [1.165, 1.54) is 6.07 Å². The van der Waals surface area contributed by atoms with Crippen molar-refractivity contribution in [3.63, 3.8) is 0 Å². The number of carbonyl (C=O) groups is 1. The summed E-state index contributed by atoms with van der Waals surface area (Å²) in [6, 6.07) is 3.50. The van der Waals surface area contributed by atoms with Crippen LogP contribution in [0.15, 0.2) is 30.6 Å². The smallest absolute Gasteiger partial charge is 0.324 e. The van der Waals surface area contributed by atoms with E-state index >= 15 is 0 Å². The highest BCUT2D eigenvalue weighted by Crippen LogP contribution is 2.45. The highest BCUT2D eigenvalue weighted by atomic mass is 127. The van der Waals surface area contributed by atoms with E-state index < -0.39 is 17.3 Å². The number of anilines is 1. The van der Waals surface area contributed by atoms with Crippen LogP contribution in [0.4, 0.5) is 18.9 Å². The van der Waals surface area contributed by atoms with Crippen LogP contribution in [0.3, 0.4) is 0 Å². The van der Waals surface area contributed by atoms with Gasteiger partial charge >= 0.3 is 6.18 Å². The first-order valence-electron chi connectivity index (χ1n) is 7.82. The van der Waals surface area contributed by atoms with Gasteiger partial charge in [-0.3, -0.25) is 9.48 Å². The molecular formula is C17H17F3IN3O.